The van der Waals surface area contributed by atoms with E-state index < -0.39 is 0 Å². The summed E-state index contributed by atoms with van der Waals surface area (Å²) in [5, 5.41) is 12.1. The third-order valence-corrected chi connectivity index (χ3v) is 5.04. The van der Waals surface area contributed by atoms with Crippen molar-refractivity contribution >= 4 is 17.9 Å². The van der Waals surface area contributed by atoms with Gasteiger partial charge in [-0.25, -0.2) is 0 Å². The second kappa shape index (κ2) is 8.11. The number of nitrogens with zero attached hydrogens (tertiary/aromatic N) is 1. The van der Waals surface area contributed by atoms with Crippen LogP contribution >= 0.6 is 0 Å². The van der Waals surface area contributed by atoms with Gasteiger partial charge in [-0.3, -0.25) is 9.59 Å². The van der Waals surface area contributed by atoms with Crippen molar-refractivity contribution in [2.45, 2.75) is 26.2 Å². The summed E-state index contributed by atoms with van der Waals surface area (Å²) in [4.78, 5) is 25.6. The van der Waals surface area contributed by atoms with Crippen LogP contribution in [-0.4, -0.2) is 48.6 Å². The van der Waals surface area contributed by atoms with Crippen LogP contribution in [0.2, 0.25) is 0 Å². The molecule has 2 N–H and O–H groups in total. The zero-order valence-corrected chi connectivity index (χ0v) is 14.4. The zero-order chi connectivity index (χ0) is 17.6. The van der Waals surface area contributed by atoms with Crippen molar-refractivity contribution in [3.05, 3.63) is 41.5 Å². The molecule has 0 saturated carbocycles. The number of carbonyl (C=O) groups excluding carboxylic acids is 2. The molecule has 1 fully saturated rings. The van der Waals surface area contributed by atoms with Crippen molar-refractivity contribution in [1.29, 1.82) is 0 Å². The molecule has 2 rings (SSSR count). The number of carbonyl (C=O) groups is 2. The maximum atomic E-state index is 12.3. The highest BCUT2D eigenvalue weighted by Crippen LogP contribution is 2.34. The number of benzene rings is 1. The molecule has 0 radical (unpaired) electrons. The Morgan fingerprint density at radius 2 is 1.88 bits per heavy atom. The molecule has 2 amide bonds. The number of rotatable bonds is 5. The predicted octanol–water partition coefficient (Wildman–Crippen LogP) is 2.07. The monoisotopic (exact) mass is 330 g/mol. The molecule has 130 valence electrons. The van der Waals surface area contributed by atoms with Crippen LogP contribution in [0.3, 0.4) is 0 Å². The van der Waals surface area contributed by atoms with Crippen LogP contribution in [0, 0.1) is 5.41 Å². The standard InChI is InChI=1S/C19H26N2O3/c1-3-19(14-22)10-12-21(13-11-19)17(23)9-6-15-4-7-16(8-5-15)18(24)20-2/h4-9,22H,3,10-14H2,1-2H3,(H,20,24)/b9-6+. The molecule has 1 aromatic carbocycles. The topological polar surface area (TPSA) is 69.6 Å². The van der Waals surface area contributed by atoms with Gasteiger partial charge in [-0.1, -0.05) is 19.1 Å². The largest absolute Gasteiger partial charge is 0.396 e. The lowest BCUT2D eigenvalue weighted by molar-refractivity contribution is -0.128. The molecule has 24 heavy (non-hydrogen) atoms. The molecule has 0 aliphatic carbocycles. The fourth-order valence-corrected chi connectivity index (χ4v) is 2.99. The zero-order valence-electron chi connectivity index (χ0n) is 14.4. The van der Waals surface area contributed by atoms with Crippen molar-refractivity contribution in [2.24, 2.45) is 5.41 Å². The molecule has 1 aliphatic heterocycles. The lowest BCUT2D eigenvalue weighted by Crippen LogP contribution is -2.43. The summed E-state index contributed by atoms with van der Waals surface area (Å²) in [6, 6.07) is 7.11. The summed E-state index contributed by atoms with van der Waals surface area (Å²) in [5.41, 5.74) is 1.46. The highest BCUT2D eigenvalue weighted by Gasteiger charge is 2.33. The highest BCUT2D eigenvalue weighted by atomic mass is 16.3. The smallest absolute Gasteiger partial charge is 0.251 e. The summed E-state index contributed by atoms with van der Waals surface area (Å²) >= 11 is 0. The Balaban J connectivity index is 1.93. The summed E-state index contributed by atoms with van der Waals surface area (Å²) in [5.74, 6) is -0.133. The molecular weight excluding hydrogens is 304 g/mol. The Morgan fingerprint density at radius 3 is 2.38 bits per heavy atom. The fourth-order valence-electron chi connectivity index (χ4n) is 2.99. The van der Waals surface area contributed by atoms with Gasteiger partial charge in [-0.2, -0.15) is 0 Å². The average Bonchev–Trinajstić information content (AvgIpc) is 2.66. The second-order valence-electron chi connectivity index (χ2n) is 6.37. The lowest BCUT2D eigenvalue weighted by atomic mass is 9.77. The average molecular weight is 330 g/mol. The molecule has 5 nitrogen and oxygen atoms in total. The van der Waals surface area contributed by atoms with E-state index in [1.807, 2.05) is 17.0 Å². The van der Waals surface area contributed by atoms with Crippen LogP contribution in [0.1, 0.15) is 42.1 Å². The van der Waals surface area contributed by atoms with Gasteiger partial charge in [0.1, 0.15) is 0 Å². The van der Waals surface area contributed by atoms with E-state index >= 15 is 0 Å². The molecule has 0 bridgehead atoms. The Morgan fingerprint density at radius 1 is 1.25 bits per heavy atom. The first kappa shape index (κ1) is 18.2. The van der Waals surface area contributed by atoms with E-state index in [9.17, 15) is 14.7 Å². The number of likely N-dealkylation sites (tertiary alicyclic amines) is 1. The molecule has 1 heterocycles. The van der Waals surface area contributed by atoms with Gasteiger partial charge in [-0.05, 0) is 48.4 Å². The molecule has 1 saturated heterocycles. The first-order chi connectivity index (χ1) is 11.5. The quantitative estimate of drug-likeness (QED) is 0.812. The van der Waals surface area contributed by atoms with E-state index in [1.165, 1.54) is 0 Å². The number of hydrogen-bond acceptors (Lipinski definition) is 3. The van der Waals surface area contributed by atoms with Crippen molar-refractivity contribution in [3.63, 3.8) is 0 Å². The second-order valence-corrected chi connectivity index (χ2v) is 6.37. The van der Waals surface area contributed by atoms with E-state index in [-0.39, 0.29) is 23.8 Å². The Kier molecular flexibility index (Phi) is 6.15. The van der Waals surface area contributed by atoms with Gasteiger partial charge in [0.2, 0.25) is 5.91 Å². The van der Waals surface area contributed by atoms with E-state index in [4.69, 9.17) is 0 Å². The number of aliphatic hydroxyl groups excluding tert-OH is 1. The molecule has 0 atom stereocenters. The van der Waals surface area contributed by atoms with E-state index in [2.05, 4.69) is 12.2 Å². The molecule has 0 unspecified atom stereocenters. The van der Waals surface area contributed by atoms with Gasteiger partial charge in [-0.15, -0.1) is 0 Å². The number of aliphatic hydroxyl groups is 1. The number of piperidine rings is 1. The van der Waals surface area contributed by atoms with Crippen molar-refractivity contribution < 1.29 is 14.7 Å². The summed E-state index contributed by atoms with van der Waals surface area (Å²) in [7, 11) is 1.59. The summed E-state index contributed by atoms with van der Waals surface area (Å²) in [6.45, 7) is 3.66. The molecule has 0 aromatic heterocycles. The van der Waals surface area contributed by atoms with E-state index in [1.54, 1.807) is 31.3 Å². The maximum absolute atomic E-state index is 12.3. The lowest BCUT2D eigenvalue weighted by Gasteiger charge is -2.39. The van der Waals surface area contributed by atoms with Crippen LogP contribution in [0.5, 0.6) is 0 Å². The predicted molar refractivity (Wildman–Crippen MR) is 94.5 cm³/mol. The molecule has 5 heteroatoms. The third-order valence-electron chi connectivity index (χ3n) is 5.04. The Hall–Kier alpha value is -2.14. The Bertz CT molecular complexity index is 594. The van der Waals surface area contributed by atoms with Crippen LogP contribution in [-0.2, 0) is 4.79 Å². The van der Waals surface area contributed by atoms with E-state index in [0.717, 1.165) is 24.8 Å². The molecular formula is C19H26N2O3. The fraction of sp³-hybridized carbons (Fsp3) is 0.474. The van der Waals surface area contributed by atoms with Crippen molar-refractivity contribution in [2.75, 3.05) is 26.7 Å². The van der Waals surface area contributed by atoms with Gasteiger partial charge in [0.25, 0.3) is 5.91 Å². The molecule has 0 spiro atoms. The minimum Gasteiger partial charge on any atom is -0.396 e. The molecule has 1 aromatic rings. The number of hydrogen-bond donors (Lipinski definition) is 2. The van der Waals surface area contributed by atoms with Crippen molar-refractivity contribution in [3.8, 4) is 0 Å². The van der Waals surface area contributed by atoms with Gasteiger partial charge in [0.15, 0.2) is 0 Å². The van der Waals surface area contributed by atoms with Gasteiger partial charge in [0, 0.05) is 38.4 Å². The van der Waals surface area contributed by atoms with Gasteiger partial charge >= 0.3 is 0 Å². The Labute approximate surface area is 143 Å². The van der Waals surface area contributed by atoms with Crippen LogP contribution < -0.4 is 5.32 Å². The van der Waals surface area contributed by atoms with Gasteiger partial charge in [0.05, 0.1) is 0 Å². The van der Waals surface area contributed by atoms with Gasteiger partial charge < -0.3 is 15.3 Å². The summed E-state index contributed by atoms with van der Waals surface area (Å²) < 4.78 is 0. The summed E-state index contributed by atoms with van der Waals surface area (Å²) in [6.07, 6.45) is 5.98. The van der Waals surface area contributed by atoms with E-state index in [0.29, 0.717) is 18.7 Å². The number of nitrogens with one attached hydrogen (secondary N) is 1. The molecule has 1 aliphatic rings. The third kappa shape index (κ3) is 4.23. The minimum atomic E-state index is -0.127. The van der Waals surface area contributed by atoms with Crippen LogP contribution in [0.4, 0.5) is 0 Å². The first-order valence-electron chi connectivity index (χ1n) is 8.43. The first-order valence-corrected chi connectivity index (χ1v) is 8.43. The number of amides is 2. The van der Waals surface area contributed by atoms with Crippen molar-refractivity contribution in [1.82, 2.24) is 10.2 Å². The minimum absolute atomic E-state index is 0.00646. The SMILES string of the molecule is CCC1(CO)CCN(C(=O)/C=C/c2ccc(C(=O)NC)cc2)CC1. The normalized spacial score (nSPS) is 17.0. The van der Waals surface area contributed by atoms with Crippen LogP contribution in [0.25, 0.3) is 6.08 Å². The van der Waals surface area contributed by atoms with Crippen LogP contribution in [0.15, 0.2) is 30.3 Å². The maximum Gasteiger partial charge on any atom is 0.251 e. The highest BCUT2D eigenvalue weighted by molar-refractivity contribution is 5.94.